The molecular formula is C10H17F2N3O2S. The molecule has 0 amide bonds. The van der Waals surface area contributed by atoms with Gasteiger partial charge in [-0.1, -0.05) is 5.16 Å². The number of hydrogen-bond acceptors (Lipinski definition) is 6. The zero-order valence-corrected chi connectivity index (χ0v) is 11.0. The van der Waals surface area contributed by atoms with Gasteiger partial charge in [0.05, 0.1) is 12.6 Å². The van der Waals surface area contributed by atoms with Crippen molar-refractivity contribution in [3.05, 3.63) is 11.7 Å². The Morgan fingerprint density at radius 1 is 1.50 bits per heavy atom. The molecule has 1 atom stereocenters. The number of nitrogens with two attached hydrogens (primary N) is 1. The van der Waals surface area contributed by atoms with Gasteiger partial charge in [-0.15, -0.1) is 0 Å². The number of halogens is 2. The van der Waals surface area contributed by atoms with Gasteiger partial charge in [-0.25, -0.2) is 8.78 Å². The van der Waals surface area contributed by atoms with E-state index >= 15 is 0 Å². The summed E-state index contributed by atoms with van der Waals surface area (Å²) in [6, 6.07) is -0.277. The van der Waals surface area contributed by atoms with Crippen LogP contribution in [0.4, 0.5) is 8.78 Å². The maximum absolute atomic E-state index is 11.8. The zero-order valence-electron chi connectivity index (χ0n) is 10.1. The topological polar surface area (TPSA) is 74.2 Å². The van der Waals surface area contributed by atoms with Gasteiger partial charge < -0.3 is 15.0 Å². The lowest BCUT2D eigenvalue weighted by molar-refractivity contribution is 0.0182. The van der Waals surface area contributed by atoms with Crippen LogP contribution in [0.25, 0.3) is 0 Å². The Morgan fingerprint density at radius 2 is 2.28 bits per heavy atom. The Hall–Kier alpha value is -0.730. The van der Waals surface area contributed by atoms with Gasteiger partial charge >= 0.3 is 0 Å². The monoisotopic (exact) mass is 281 g/mol. The molecule has 0 saturated heterocycles. The molecule has 0 aliphatic heterocycles. The van der Waals surface area contributed by atoms with E-state index in [0.717, 1.165) is 12.2 Å². The van der Waals surface area contributed by atoms with E-state index in [4.69, 9.17) is 15.0 Å². The van der Waals surface area contributed by atoms with Crippen LogP contribution >= 0.6 is 11.8 Å². The van der Waals surface area contributed by atoms with Crippen LogP contribution in [0.5, 0.6) is 0 Å². The van der Waals surface area contributed by atoms with E-state index in [9.17, 15) is 8.78 Å². The van der Waals surface area contributed by atoms with E-state index < -0.39 is 13.0 Å². The summed E-state index contributed by atoms with van der Waals surface area (Å²) in [7, 11) is 0. The molecule has 104 valence electrons. The molecule has 8 heteroatoms. The highest BCUT2D eigenvalue weighted by molar-refractivity contribution is 7.98. The molecule has 0 fully saturated rings. The molecule has 1 heterocycles. The van der Waals surface area contributed by atoms with Gasteiger partial charge in [0.2, 0.25) is 5.89 Å². The van der Waals surface area contributed by atoms with E-state index in [0.29, 0.717) is 18.1 Å². The number of thioether (sulfide) groups is 1. The van der Waals surface area contributed by atoms with Gasteiger partial charge in [-0.05, 0) is 18.4 Å². The first-order valence-electron chi connectivity index (χ1n) is 5.56. The molecule has 0 unspecified atom stereocenters. The third kappa shape index (κ3) is 5.74. The van der Waals surface area contributed by atoms with Gasteiger partial charge in [0.1, 0.15) is 6.61 Å². The molecule has 0 radical (unpaired) electrons. The molecule has 1 aromatic heterocycles. The molecule has 1 aromatic rings. The number of hydrogen-bond donors (Lipinski definition) is 1. The fourth-order valence-corrected chi connectivity index (χ4v) is 1.71. The first-order chi connectivity index (χ1) is 8.63. The Bertz CT molecular complexity index is 339. The smallest absolute Gasteiger partial charge is 0.261 e. The van der Waals surface area contributed by atoms with Crippen LogP contribution in [0.1, 0.15) is 24.2 Å². The minimum atomic E-state index is -2.45. The Morgan fingerprint density at radius 3 is 2.94 bits per heavy atom. The summed E-state index contributed by atoms with van der Waals surface area (Å²) in [4.78, 5) is 4.10. The molecule has 0 bridgehead atoms. The van der Waals surface area contributed by atoms with Crippen LogP contribution in [0, 0.1) is 0 Å². The van der Waals surface area contributed by atoms with Crippen molar-refractivity contribution in [3.8, 4) is 0 Å². The second-order valence-electron chi connectivity index (χ2n) is 3.65. The van der Waals surface area contributed by atoms with Crippen molar-refractivity contribution in [1.29, 1.82) is 0 Å². The van der Waals surface area contributed by atoms with Crippen molar-refractivity contribution >= 4 is 11.8 Å². The molecule has 0 saturated carbocycles. The average molecular weight is 281 g/mol. The summed E-state index contributed by atoms with van der Waals surface area (Å²) in [6.45, 7) is -0.429. The molecule has 0 aromatic carbocycles. The number of nitrogens with zero attached hydrogens (tertiary/aromatic N) is 2. The molecule has 0 spiro atoms. The largest absolute Gasteiger partial charge is 0.375 e. The molecule has 2 N–H and O–H groups in total. The van der Waals surface area contributed by atoms with Crippen LogP contribution in [0.2, 0.25) is 0 Å². The maximum Gasteiger partial charge on any atom is 0.261 e. The third-order valence-electron chi connectivity index (χ3n) is 2.15. The summed E-state index contributed by atoms with van der Waals surface area (Å²) in [5, 5.41) is 3.72. The minimum absolute atomic E-state index is 0.142. The van der Waals surface area contributed by atoms with Crippen LogP contribution in [0.15, 0.2) is 4.52 Å². The van der Waals surface area contributed by atoms with E-state index in [-0.39, 0.29) is 12.6 Å². The van der Waals surface area contributed by atoms with Crippen molar-refractivity contribution in [2.75, 3.05) is 25.2 Å². The average Bonchev–Trinajstić information content (AvgIpc) is 2.80. The number of aromatic nitrogens is 2. The first-order valence-corrected chi connectivity index (χ1v) is 6.95. The van der Waals surface area contributed by atoms with E-state index in [2.05, 4.69) is 10.1 Å². The van der Waals surface area contributed by atoms with Crippen LogP contribution in [-0.2, 0) is 11.2 Å². The molecule has 0 aliphatic rings. The molecular weight excluding hydrogens is 264 g/mol. The van der Waals surface area contributed by atoms with Gasteiger partial charge in [0, 0.05) is 6.42 Å². The van der Waals surface area contributed by atoms with Crippen LogP contribution < -0.4 is 5.73 Å². The van der Waals surface area contributed by atoms with Gasteiger partial charge in [-0.3, -0.25) is 0 Å². The lowest BCUT2D eigenvalue weighted by atomic mass is 10.2. The lowest BCUT2D eigenvalue weighted by Gasteiger charge is -2.03. The number of rotatable bonds is 9. The number of alkyl halides is 2. The van der Waals surface area contributed by atoms with E-state index in [1.54, 1.807) is 11.8 Å². The normalized spacial score (nSPS) is 13.2. The van der Waals surface area contributed by atoms with E-state index in [1.807, 2.05) is 6.26 Å². The van der Waals surface area contributed by atoms with Crippen molar-refractivity contribution in [2.45, 2.75) is 25.3 Å². The predicted molar refractivity (Wildman–Crippen MR) is 64.8 cm³/mol. The second-order valence-corrected chi connectivity index (χ2v) is 4.64. The summed E-state index contributed by atoms with van der Waals surface area (Å²) < 4.78 is 33.3. The highest BCUT2D eigenvalue weighted by atomic mass is 32.2. The SMILES string of the molecule is CSCC[C@@H](N)c1nc(CCOCC(F)F)no1. The fraction of sp³-hybridized carbons (Fsp3) is 0.800. The molecule has 1 rings (SSSR count). The van der Waals surface area contributed by atoms with Gasteiger partial charge in [0.15, 0.2) is 5.82 Å². The Balaban J connectivity index is 2.29. The van der Waals surface area contributed by atoms with E-state index in [1.165, 1.54) is 0 Å². The highest BCUT2D eigenvalue weighted by Crippen LogP contribution is 2.14. The van der Waals surface area contributed by atoms with Crippen LogP contribution in [-0.4, -0.2) is 41.8 Å². The number of ether oxygens (including phenoxy) is 1. The summed E-state index contributed by atoms with van der Waals surface area (Å²) >= 11 is 1.69. The highest BCUT2D eigenvalue weighted by Gasteiger charge is 2.14. The quantitative estimate of drug-likeness (QED) is 0.694. The summed E-state index contributed by atoms with van der Waals surface area (Å²) in [6.07, 6.45) is 0.633. The Kier molecular flexibility index (Phi) is 7.14. The Labute approximate surface area is 108 Å². The van der Waals surface area contributed by atoms with Crippen molar-refractivity contribution < 1.29 is 18.0 Å². The zero-order chi connectivity index (χ0) is 13.4. The summed E-state index contributed by atoms with van der Waals surface area (Å²) in [5.41, 5.74) is 5.85. The standard InChI is InChI=1S/C10H17F2N3O2S/c1-18-5-3-7(13)10-14-9(15-17-10)2-4-16-6-8(11)12/h7-8H,2-6,13H2,1H3/t7-/m1/s1. The first kappa shape index (κ1) is 15.3. The second kappa shape index (κ2) is 8.39. The third-order valence-corrected chi connectivity index (χ3v) is 2.79. The molecule has 18 heavy (non-hydrogen) atoms. The predicted octanol–water partition coefficient (Wildman–Crippen LogP) is 1.65. The van der Waals surface area contributed by atoms with Crippen molar-refractivity contribution in [2.24, 2.45) is 5.73 Å². The van der Waals surface area contributed by atoms with Crippen molar-refractivity contribution in [1.82, 2.24) is 10.1 Å². The van der Waals surface area contributed by atoms with Gasteiger partial charge in [0.25, 0.3) is 6.43 Å². The lowest BCUT2D eigenvalue weighted by Crippen LogP contribution is -2.12. The fourth-order valence-electron chi connectivity index (χ4n) is 1.22. The van der Waals surface area contributed by atoms with Crippen molar-refractivity contribution in [3.63, 3.8) is 0 Å². The maximum atomic E-state index is 11.8. The molecule has 0 aliphatic carbocycles. The van der Waals surface area contributed by atoms with Gasteiger partial charge in [-0.2, -0.15) is 16.7 Å². The summed E-state index contributed by atoms with van der Waals surface area (Å²) in [5.74, 6) is 1.72. The van der Waals surface area contributed by atoms with Crippen LogP contribution in [0.3, 0.4) is 0 Å². The molecule has 5 nitrogen and oxygen atoms in total. The minimum Gasteiger partial charge on any atom is -0.375 e.